The van der Waals surface area contributed by atoms with E-state index < -0.39 is 0 Å². The molecule has 0 N–H and O–H groups in total. The van der Waals surface area contributed by atoms with Gasteiger partial charge in [-0.2, -0.15) is 0 Å². The summed E-state index contributed by atoms with van der Waals surface area (Å²) in [6.07, 6.45) is 5.16. The van der Waals surface area contributed by atoms with Crippen LogP contribution in [0.25, 0.3) is 0 Å². The number of aryl methyl sites for hydroxylation is 2. The van der Waals surface area contributed by atoms with Crippen LogP contribution in [-0.2, 0) is 23.7 Å². The van der Waals surface area contributed by atoms with Gasteiger partial charge in [-0.3, -0.25) is 0 Å². The van der Waals surface area contributed by atoms with Gasteiger partial charge in [0.15, 0.2) is 0 Å². The van der Waals surface area contributed by atoms with Gasteiger partial charge in [0.2, 0.25) is 0 Å². The lowest BCUT2D eigenvalue weighted by molar-refractivity contribution is 0.522. The third-order valence-corrected chi connectivity index (χ3v) is 5.53. The Morgan fingerprint density at radius 3 is 1.32 bits per heavy atom. The Kier molecular flexibility index (Phi) is 3.89. The smallest absolute Gasteiger partial charge is 0.00977 e. The van der Waals surface area contributed by atoms with E-state index in [1.165, 1.54) is 25.7 Å². The van der Waals surface area contributed by atoms with E-state index in [-0.39, 0.29) is 0 Å². The molecular formula is C22H28. The third kappa shape index (κ3) is 2.84. The molecule has 0 atom stereocenters. The summed E-state index contributed by atoms with van der Waals surface area (Å²) < 4.78 is 0. The molecule has 0 heterocycles. The van der Waals surface area contributed by atoms with E-state index in [2.05, 4.69) is 76.2 Å². The minimum atomic E-state index is 0.427. The summed E-state index contributed by atoms with van der Waals surface area (Å²) >= 11 is 0. The molecule has 2 aromatic carbocycles. The van der Waals surface area contributed by atoms with Gasteiger partial charge in [-0.25, -0.2) is 0 Å². The summed E-state index contributed by atoms with van der Waals surface area (Å²) in [7, 11) is 0. The topological polar surface area (TPSA) is 0 Å². The molecule has 0 fully saturated rings. The van der Waals surface area contributed by atoms with Crippen LogP contribution >= 0.6 is 0 Å². The van der Waals surface area contributed by atoms with Crippen LogP contribution in [0, 0.1) is 0 Å². The van der Waals surface area contributed by atoms with Gasteiger partial charge in [0, 0.05) is 0 Å². The summed E-state index contributed by atoms with van der Waals surface area (Å²) in [5.74, 6) is 0. The van der Waals surface area contributed by atoms with Crippen LogP contribution in [0.1, 0.15) is 62.8 Å². The lowest BCUT2D eigenvalue weighted by Gasteiger charge is -2.18. The van der Waals surface area contributed by atoms with Crippen LogP contribution in [-0.4, -0.2) is 0 Å². The Balaban J connectivity index is 0.000000131. The van der Waals surface area contributed by atoms with Crippen molar-refractivity contribution in [1.82, 2.24) is 0 Å². The highest BCUT2D eigenvalue weighted by molar-refractivity contribution is 5.38. The average Bonchev–Trinajstić information content (AvgIpc) is 2.99. The molecule has 0 unspecified atom stereocenters. The normalized spacial score (nSPS) is 19.8. The standard InChI is InChI=1S/2C11H14/c2*1-11(2)8-7-9-5-3-4-6-10(9)11/h2*3-6H,7-8H2,1-2H3. The van der Waals surface area contributed by atoms with Crippen molar-refractivity contribution in [3.05, 3.63) is 70.8 Å². The fraction of sp³-hybridized carbons (Fsp3) is 0.455. The predicted octanol–water partition coefficient (Wildman–Crippen LogP) is 5.82. The maximum atomic E-state index is 2.33. The minimum absolute atomic E-state index is 0.427. The van der Waals surface area contributed by atoms with Crippen molar-refractivity contribution >= 4 is 0 Å². The van der Waals surface area contributed by atoms with Gasteiger partial charge in [-0.05, 0) is 58.8 Å². The highest BCUT2D eigenvalue weighted by Crippen LogP contribution is 2.38. The fourth-order valence-corrected chi connectivity index (χ4v) is 3.96. The molecule has 2 aromatic rings. The van der Waals surface area contributed by atoms with Gasteiger partial charge in [-0.1, -0.05) is 76.2 Å². The van der Waals surface area contributed by atoms with Gasteiger partial charge < -0.3 is 0 Å². The molecule has 2 aliphatic rings. The Morgan fingerprint density at radius 2 is 0.955 bits per heavy atom. The van der Waals surface area contributed by atoms with Crippen molar-refractivity contribution in [2.75, 3.05) is 0 Å². The summed E-state index contributed by atoms with van der Waals surface area (Å²) in [6, 6.07) is 17.6. The molecule has 0 nitrogen and oxygen atoms in total. The number of hydrogen-bond acceptors (Lipinski definition) is 0. The van der Waals surface area contributed by atoms with E-state index in [1.54, 1.807) is 22.3 Å². The van der Waals surface area contributed by atoms with Gasteiger partial charge in [0.05, 0.1) is 0 Å². The van der Waals surface area contributed by atoms with Crippen molar-refractivity contribution in [2.45, 2.75) is 64.2 Å². The molecule has 0 aliphatic heterocycles. The second-order valence-corrected chi connectivity index (χ2v) is 8.08. The van der Waals surface area contributed by atoms with Crippen LogP contribution in [0.4, 0.5) is 0 Å². The van der Waals surface area contributed by atoms with E-state index >= 15 is 0 Å². The lowest BCUT2D eigenvalue weighted by Crippen LogP contribution is -2.11. The first-order valence-corrected chi connectivity index (χ1v) is 8.57. The van der Waals surface area contributed by atoms with E-state index in [1.807, 2.05) is 0 Å². The van der Waals surface area contributed by atoms with Gasteiger partial charge in [0.25, 0.3) is 0 Å². The molecule has 0 saturated heterocycles. The number of hydrogen-bond donors (Lipinski definition) is 0. The van der Waals surface area contributed by atoms with Crippen LogP contribution in [0.3, 0.4) is 0 Å². The Bertz CT molecular complexity index is 602. The summed E-state index contributed by atoms with van der Waals surface area (Å²) in [5.41, 5.74) is 7.07. The first kappa shape index (κ1) is 15.3. The SMILES string of the molecule is CC1(C)CCc2ccccc21.CC1(C)CCc2ccccc21. The summed E-state index contributed by atoms with van der Waals surface area (Å²) in [4.78, 5) is 0. The van der Waals surface area contributed by atoms with Crippen molar-refractivity contribution in [3.63, 3.8) is 0 Å². The quantitative estimate of drug-likeness (QED) is 0.574. The van der Waals surface area contributed by atoms with Crippen LogP contribution in [0.5, 0.6) is 0 Å². The molecule has 0 saturated carbocycles. The van der Waals surface area contributed by atoms with E-state index in [4.69, 9.17) is 0 Å². The molecule has 0 heteroatoms. The second-order valence-electron chi connectivity index (χ2n) is 8.08. The van der Waals surface area contributed by atoms with Crippen LogP contribution < -0.4 is 0 Å². The summed E-state index contributed by atoms with van der Waals surface area (Å²) in [6.45, 7) is 9.33. The fourth-order valence-electron chi connectivity index (χ4n) is 3.96. The largest absolute Gasteiger partial charge is 0.0620 e. The van der Waals surface area contributed by atoms with E-state index in [0.29, 0.717) is 10.8 Å². The Labute approximate surface area is 135 Å². The average molecular weight is 292 g/mol. The van der Waals surface area contributed by atoms with Crippen molar-refractivity contribution in [1.29, 1.82) is 0 Å². The second kappa shape index (κ2) is 5.57. The Hall–Kier alpha value is -1.56. The summed E-state index contributed by atoms with van der Waals surface area (Å²) in [5, 5.41) is 0. The Morgan fingerprint density at radius 1 is 0.591 bits per heavy atom. The van der Waals surface area contributed by atoms with E-state index in [9.17, 15) is 0 Å². The number of benzene rings is 2. The maximum absolute atomic E-state index is 2.33. The van der Waals surface area contributed by atoms with Crippen LogP contribution in [0.15, 0.2) is 48.5 Å². The lowest BCUT2D eigenvalue weighted by atomic mass is 9.87. The molecular weight excluding hydrogens is 264 g/mol. The van der Waals surface area contributed by atoms with Gasteiger partial charge in [-0.15, -0.1) is 0 Å². The highest BCUT2D eigenvalue weighted by Gasteiger charge is 2.29. The molecule has 2 aliphatic carbocycles. The molecule has 0 amide bonds. The highest BCUT2D eigenvalue weighted by atomic mass is 14.3. The zero-order valence-electron chi connectivity index (χ0n) is 14.4. The van der Waals surface area contributed by atoms with Gasteiger partial charge >= 0.3 is 0 Å². The zero-order valence-corrected chi connectivity index (χ0v) is 14.4. The molecule has 0 aromatic heterocycles. The van der Waals surface area contributed by atoms with E-state index in [0.717, 1.165) is 0 Å². The van der Waals surface area contributed by atoms with Crippen molar-refractivity contribution in [3.8, 4) is 0 Å². The minimum Gasteiger partial charge on any atom is -0.0620 e. The zero-order chi connectivity index (χ0) is 15.8. The van der Waals surface area contributed by atoms with Crippen molar-refractivity contribution in [2.24, 2.45) is 0 Å². The van der Waals surface area contributed by atoms with Gasteiger partial charge in [0.1, 0.15) is 0 Å². The predicted molar refractivity (Wildman–Crippen MR) is 95.6 cm³/mol. The van der Waals surface area contributed by atoms with Crippen LogP contribution in [0.2, 0.25) is 0 Å². The molecule has 0 spiro atoms. The molecule has 22 heavy (non-hydrogen) atoms. The third-order valence-electron chi connectivity index (χ3n) is 5.53. The monoisotopic (exact) mass is 292 g/mol. The molecule has 0 radical (unpaired) electrons. The molecule has 0 bridgehead atoms. The maximum Gasteiger partial charge on any atom is -0.00977 e. The first-order chi connectivity index (χ1) is 10.4. The number of fused-ring (bicyclic) bond motifs is 2. The molecule has 116 valence electrons. The first-order valence-electron chi connectivity index (χ1n) is 8.57. The molecule has 4 rings (SSSR count). The number of rotatable bonds is 0. The van der Waals surface area contributed by atoms with Crippen molar-refractivity contribution < 1.29 is 0 Å².